The summed E-state index contributed by atoms with van der Waals surface area (Å²) in [7, 11) is 1.39. The molecule has 0 aromatic heterocycles. The summed E-state index contributed by atoms with van der Waals surface area (Å²) in [6, 6.07) is 0. The van der Waals surface area contributed by atoms with Gasteiger partial charge in [0.2, 0.25) is 0 Å². The van der Waals surface area contributed by atoms with Crippen molar-refractivity contribution in [2.24, 2.45) is 0 Å². The normalized spacial score (nSPS) is 3.00. The van der Waals surface area contributed by atoms with Crippen LogP contribution < -0.4 is 0 Å². The van der Waals surface area contributed by atoms with E-state index in [1.165, 1.54) is 7.11 Å². The van der Waals surface area contributed by atoms with E-state index >= 15 is 0 Å². The molecule has 0 saturated heterocycles. The van der Waals surface area contributed by atoms with Gasteiger partial charge < -0.3 is 0 Å². The second-order valence-electron chi connectivity index (χ2n) is 0.154. The molecule has 0 aromatic rings. The largest absolute Gasteiger partial charge is 0.283 e. The molecule has 0 rings (SSSR count). The highest BCUT2D eigenvalue weighted by Gasteiger charge is 1.31. The standard InChI is InChI=1S/CH3ClO.3H3P/c1-3-2;;;/h1H3;3*1H3. The predicted molar refractivity (Wildman–Crippen MR) is 46.2 cm³/mol. The van der Waals surface area contributed by atoms with E-state index in [0.717, 1.165) is 0 Å². The van der Waals surface area contributed by atoms with Gasteiger partial charge in [0.1, 0.15) is 0 Å². The van der Waals surface area contributed by atoms with Gasteiger partial charge >= 0.3 is 0 Å². The average Bonchev–Trinajstić information content (AvgIpc) is 0.918. The first-order valence-corrected chi connectivity index (χ1v) is 0.871. The highest BCUT2D eigenvalue weighted by molar-refractivity contribution is 6.92. The van der Waals surface area contributed by atoms with Gasteiger partial charge in [-0.3, -0.25) is 4.29 Å². The van der Waals surface area contributed by atoms with Gasteiger partial charge in [-0.05, 0) is 0 Å². The summed E-state index contributed by atoms with van der Waals surface area (Å²) >= 11 is 4.50. The van der Waals surface area contributed by atoms with Crippen molar-refractivity contribution in [3.8, 4) is 0 Å². The molecule has 0 bridgehead atoms. The molecule has 0 aliphatic carbocycles. The molecule has 0 radical (unpaired) electrons. The molecule has 1 nitrogen and oxygen atoms in total. The van der Waals surface area contributed by atoms with Crippen molar-refractivity contribution < 1.29 is 4.29 Å². The van der Waals surface area contributed by atoms with Crippen LogP contribution in [-0.4, -0.2) is 7.11 Å². The van der Waals surface area contributed by atoms with Crippen molar-refractivity contribution in [2.45, 2.75) is 0 Å². The summed E-state index contributed by atoms with van der Waals surface area (Å²) in [4.78, 5) is 0. The smallest absolute Gasteiger partial charge is 0.0606 e. The highest BCUT2D eigenvalue weighted by Crippen LogP contribution is 1.59. The minimum absolute atomic E-state index is 0. The highest BCUT2D eigenvalue weighted by atomic mass is 35.5. The summed E-state index contributed by atoms with van der Waals surface area (Å²) in [5, 5.41) is 0. The second kappa shape index (κ2) is 31.1. The van der Waals surface area contributed by atoms with Crippen LogP contribution in [0.25, 0.3) is 0 Å². The van der Waals surface area contributed by atoms with E-state index in [2.05, 4.69) is 16.2 Å². The molecule has 5 heteroatoms. The third kappa shape index (κ3) is 48.1. The molecule has 0 amide bonds. The Bertz CT molecular complexity index is 10.8. The van der Waals surface area contributed by atoms with Gasteiger partial charge in [0.15, 0.2) is 0 Å². The lowest BCUT2D eigenvalue weighted by molar-refractivity contribution is 0.463. The molecule has 0 heterocycles. The van der Waals surface area contributed by atoms with E-state index in [0.29, 0.717) is 0 Å². The monoisotopic (exact) mass is 168 g/mol. The van der Waals surface area contributed by atoms with Gasteiger partial charge in [0, 0.05) is 0 Å². The molecule has 0 fully saturated rings. The van der Waals surface area contributed by atoms with Crippen LogP contribution in [0.3, 0.4) is 0 Å². The summed E-state index contributed by atoms with van der Waals surface area (Å²) in [6.45, 7) is 0. The number of rotatable bonds is 0. The van der Waals surface area contributed by atoms with Crippen LogP contribution in [-0.2, 0) is 4.29 Å². The fourth-order valence-corrected chi connectivity index (χ4v) is 0. The molecular weight excluding hydrogens is 156 g/mol. The lowest BCUT2D eigenvalue weighted by Crippen LogP contribution is -1.39. The van der Waals surface area contributed by atoms with Gasteiger partial charge in [-0.25, -0.2) is 0 Å². The summed E-state index contributed by atoms with van der Waals surface area (Å²) in [5.41, 5.74) is 0. The lowest BCUT2D eigenvalue weighted by atomic mass is 11.8. The van der Waals surface area contributed by atoms with Crippen LogP contribution in [0.1, 0.15) is 0 Å². The first-order valence-electron chi connectivity index (χ1n) is 0.563. The molecule has 0 saturated carbocycles. The average molecular weight is 168 g/mol. The summed E-state index contributed by atoms with van der Waals surface area (Å²) < 4.78 is 3.72. The van der Waals surface area contributed by atoms with Crippen LogP contribution in [0.5, 0.6) is 0 Å². The fraction of sp³-hybridized carbons (Fsp3) is 1.00. The second-order valence-corrected chi connectivity index (χ2v) is 0.463. The first-order chi connectivity index (χ1) is 1.41. The topological polar surface area (TPSA) is 9.23 Å². The number of halogens is 1. The molecule has 6 heavy (non-hydrogen) atoms. The van der Waals surface area contributed by atoms with E-state index in [4.69, 9.17) is 0 Å². The minimum Gasteiger partial charge on any atom is -0.283 e. The molecular formula is CH12ClOP3. The van der Waals surface area contributed by atoms with Gasteiger partial charge in [-0.1, -0.05) is 0 Å². The van der Waals surface area contributed by atoms with E-state index in [9.17, 15) is 0 Å². The lowest BCUT2D eigenvalue weighted by Gasteiger charge is -1.54. The molecule has 3 unspecified atom stereocenters. The maximum atomic E-state index is 4.50. The van der Waals surface area contributed by atoms with E-state index < -0.39 is 0 Å². The Morgan fingerprint density at radius 3 is 1.17 bits per heavy atom. The van der Waals surface area contributed by atoms with Crippen LogP contribution in [0.4, 0.5) is 0 Å². The van der Waals surface area contributed by atoms with Crippen LogP contribution in [0.2, 0.25) is 0 Å². The number of hydrogen-bond acceptors (Lipinski definition) is 1. The van der Waals surface area contributed by atoms with Gasteiger partial charge in [-0.15, -0.1) is 0 Å². The van der Waals surface area contributed by atoms with E-state index in [1.807, 2.05) is 0 Å². The van der Waals surface area contributed by atoms with Crippen LogP contribution in [0, 0.1) is 0 Å². The third-order valence-electron chi connectivity index (χ3n) is 0. The molecule has 0 spiro atoms. The third-order valence-corrected chi connectivity index (χ3v) is 0. The zero-order valence-electron chi connectivity index (χ0n) is 3.91. The van der Waals surface area contributed by atoms with Crippen molar-refractivity contribution in [1.29, 1.82) is 0 Å². The summed E-state index contributed by atoms with van der Waals surface area (Å²) in [5.74, 6) is 0. The van der Waals surface area contributed by atoms with Crippen LogP contribution in [0.15, 0.2) is 0 Å². The molecule has 44 valence electrons. The zero-order chi connectivity index (χ0) is 2.71. The van der Waals surface area contributed by atoms with Crippen molar-refractivity contribution in [3.05, 3.63) is 0 Å². The van der Waals surface area contributed by atoms with Crippen molar-refractivity contribution in [3.63, 3.8) is 0 Å². The van der Waals surface area contributed by atoms with Gasteiger partial charge in [0.25, 0.3) is 0 Å². The Morgan fingerprint density at radius 1 is 1.17 bits per heavy atom. The summed E-state index contributed by atoms with van der Waals surface area (Å²) in [6.07, 6.45) is 0. The van der Waals surface area contributed by atoms with Crippen LogP contribution >= 0.6 is 41.6 Å². The fourth-order valence-electron chi connectivity index (χ4n) is 0. The minimum atomic E-state index is 0. The van der Waals surface area contributed by atoms with Crippen molar-refractivity contribution in [2.75, 3.05) is 7.11 Å². The zero-order valence-corrected chi connectivity index (χ0v) is 8.91. The Hall–Kier alpha value is 1.54. The van der Waals surface area contributed by atoms with Crippen molar-refractivity contribution in [1.82, 2.24) is 0 Å². The molecule has 0 aromatic carbocycles. The molecule has 3 atom stereocenters. The van der Waals surface area contributed by atoms with Gasteiger partial charge in [0.05, 0.1) is 19.0 Å². The molecule has 0 N–H and O–H groups in total. The van der Waals surface area contributed by atoms with E-state index in [1.54, 1.807) is 0 Å². The first kappa shape index (κ1) is 25.7. The Kier molecular flexibility index (Phi) is 133. The Balaban J connectivity index is -0.00000000667. The predicted octanol–water partition coefficient (Wildman–Crippen LogP) is 0.961. The number of hydrogen-bond donors (Lipinski definition) is 0. The molecule has 0 aliphatic rings. The van der Waals surface area contributed by atoms with Gasteiger partial charge in [-0.2, -0.15) is 29.7 Å². The quantitative estimate of drug-likeness (QED) is 0.490. The maximum Gasteiger partial charge on any atom is 0.0606 e. The Labute approximate surface area is 53.6 Å². The SMILES string of the molecule is COCl.P.P.P. The Morgan fingerprint density at radius 2 is 1.17 bits per heavy atom. The molecule has 0 aliphatic heterocycles. The van der Waals surface area contributed by atoms with E-state index in [-0.39, 0.29) is 29.7 Å². The maximum absolute atomic E-state index is 4.50. The van der Waals surface area contributed by atoms with Crippen molar-refractivity contribution >= 4 is 41.6 Å².